The summed E-state index contributed by atoms with van der Waals surface area (Å²) in [5, 5.41) is 2.67. The molecule has 2 rings (SSSR count). The van der Waals surface area contributed by atoms with Gasteiger partial charge in [0, 0.05) is 27.3 Å². The number of hydrogen-bond donors (Lipinski definition) is 1. The summed E-state index contributed by atoms with van der Waals surface area (Å²) in [5.41, 5.74) is 1.41. The van der Waals surface area contributed by atoms with Crippen LogP contribution in [0, 0.1) is 0 Å². The van der Waals surface area contributed by atoms with Crippen molar-refractivity contribution < 1.29 is 13.2 Å². The maximum absolute atomic E-state index is 11.3. The van der Waals surface area contributed by atoms with Crippen molar-refractivity contribution in [2.24, 2.45) is 0 Å². The quantitative estimate of drug-likeness (QED) is 0.806. The average Bonchev–Trinajstić information content (AvgIpc) is 2.14. The van der Waals surface area contributed by atoms with Crippen LogP contribution in [0.1, 0.15) is 12.0 Å². The molecule has 7 heteroatoms. The third-order valence-electron chi connectivity index (χ3n) is 2.32. The summed E-state index contributed by atoms with van der Waals surface area (Å²) in [6, 6.07) is 3.04. The number of aryl methyl sites for hydroxylation is 1. The zero-order chi connectivity index (χ0) is 11.9. The number of rotatable bonds is 1. The number of halogens is 2. The maximum atomic E-state index is 11.3. The van der Waals surface area contributed by atoms with Crippen molar-refractivity contribution in [2.45, 2.75) is 17.7 Å². The Hall–Kier alpha value is -0.590. The molecule has 1 N–H and O–H groups in total. The number of nitrogens with one attached hydrogen (secondary N) is 1. The van der Waals surface area contributed by atoms with E-state index in [1.165, 1.54) is 6.07 Å². The number of amides is 1. The second-order valence-electron chi connectivity index (χ2n) is 3.43. The first-order valence-electron chi connectivity index (χ1n) is 4.45. The molecule has 0 radical (unpaired) electrons. The molecule has 0 spiro atoms. The Kier molecular flexibility index (Phi) is 2.98. The van der Waals surface area contributed by atoms with Crippen LogP contribution in [0.3, 0.4) is 0 Å². The summed E-state index contributed by atoms with van der Waals surface area (Å²) in [6.07, 6.45) is 0.879. The van der Waals surface area contributed by atoms with E-state index in [0.29, 0.717) is 23.0 Å². The molecule has 86 valence electrons. The van der Waals surface area contributed by atoms with Gasteiger partial charge in [-0.2, -0.15) is 0 Å². The summed E-state index contributed by atoms with van der Waals surface area (Å²) in [6.45, 7) is 0. The Morgan fingerprint density at radius 1 is 1.31 bits per heavy atom. The highest BCUT2D eigenvalue weighted by molar-refractivity contribution is 9.10. The highest BCUT2D eigenvalue weighted by Crippen LogP contribution is 2.33. The van der Waals surface area contributed by atoms with Gasteiger partial charge in [0.1, 0.15) is 0 Å². The molecule has 1 aliphatic heterocycles. The molecular weight excluding hydrogens is 318 g/mol. The molecule has 1 amide bonds. The molecule has 0 aliphatic carbocycles. The summed E-state index contributed by atoms with van der Waals surface area (Å²) < 4.78 is 22.9. The fourth-order valence-electron chi connectivity index (χ4n) is 1.57. The van der Waals surface area contributed by atoms with Gasteiger partial charge in [-0.3, -0.25) is 4.79 Å². The lowest BCUT2D eigenvalue weighted by Gasteiger charge is -2.17. The van der Waals surface area contributed by atoms with Crippen LogP contribution in [0.4, 0.5) is 5.69 Å². The molecule has 0 bridgehead atoms. The Balaban J connectivity index is 2.59. The summed E-state index contributed by atoms with van der Waals surface area (Å²) in [7, 11) is 1.52. The topological polar surface area (TPSA) is 63.2 Å². The standard InChI is InChI=1S/C9H7BrClNO3S/c10-6-4-7-5(1-2-9(13)12-7)3-8(6)16(11,14)15/h3-4H,1-2H2,(H,12,13). The van der Waals surface area contributed by atoms with Crippen LogP contribution in [0.15, 0.2) is 21.5 Å². The van der Waals surface area contributed by atoms with Gasteiger partial charge in [0.05, 0.1) is 4.90 Å². The number of fused-ring (bicyclic) bond motifs is 1. The van der Waals surface area contributed by atoms with Gasteiger partial charge in [-0.25, -0.2) is 8.42 Å². The van der Waals surface area contributed by atoms with Gasteiger partial charge in [0.15, 0.2) is 0 Å². The molecular formula is C9H7BrClNO3S. The van der Waals surface area contributed by atoms with E-state index < -0.39 is 9.05 Å². The van der Waals surface area contributed by atoms with Crippen LogP contribution in [0.25, 0.3) is 0 Å². The van der Waals surface area contributed by atoms with Crippen LogP contribution in [0.5, 0.6) is 0 Å². The number of carbonyl (C=O) groups is 1. The van der Waals surface area contributed by atoms with E-state index in [4.69, 9.17) is 10.7 Å². The first-order chi connectivity index (χ1) is 7.38. The lowest BCUT2D eigenvalue weighted by molar-refractivity contribution is -0.116. The van der Waals surface area contributed by atoms with E-state index in [9.17, 15) is 13.2 Å². The van der Waals surface area contributed by atoms with Gasteiger partial charge < -0.3 is 5.32 Å². The molecule has 0 unspecified atom stereocenters. The van der Waals surface area contributed by atoms with Crippen molar-refractivity contribution >= 4 is 47.3 Å². The van der Waals surface area contributed by atoms with Crippen LogP contribution in [-0.2, 0) is 20.3 Å². The molecule has 16 heavy (non-hydrogen) atoms. The second-order valence-corrected chi connectivity index (χ2v) is 6.81. The molecule has 0 aromatic heterocycles. The van der Waals surface area contributed by atoms with Crippen molar-refractivity contribution in [1.29, 1.82) is 0 Å². The van der Waals surface area contributed by atoms with Crippen molar-refractivity contribution in [3.63, 3.8) is 0 Å². The van der Waals surface area contributed by atoms with Crippen LogP contribution >= 0.6 is 26.6 Å². The molecule has 0 fully saturated rings. The lowest BCUT2D eigenvalue weighted by atomic mass is 10.0. The summed E-state index contributed by atoms with van der Waals surface area (Å²) in [4.78, 5) is 11.2. The monoisotopic (exact) mass is 323 g/mol. The Labute approximate surface area is 106 Å². The van der Waals surface area contributed by atoms with Crippen molar-refractivity contribution in [1.82, 2.24) is 0 Å². The fraction of sp³-hybridized carbons (Fsp3) is 0.222. The molecule has 0 atom stereocenters. The summed E-state index contributed by atoms with van der Waals surface area (Å²) in [5.74, 6) is -0.0686. The number of carbonyl (C=O) groups excluding carboxylic acids is 1. The average molecular weight is 325 g/mol. The van der Waals surface area contributed by atoms with Crippen LogP contribution in [0.2, 0.25) is 0 Å². The van der Waals surface area contributed by atoms with E-state index in [1.54, 1.807) is 6.07 Å². The van der Waals surface area contributed by atoms with Crippen molar-refractivity contribution in [2.75, 3.05) is 5.32 Å². The third-order valence-corrected chi connectivity index (χ3v) is 4.60. The first-order valence-corrected chi connectivity index (χ1v) is 7.55. The zero-order valence-electron chi connectivity index (χ0n) is 7.96. The van der Waals surface area contributed by atoms with Crippen LogP contribution < -0.4 is 5.32 Å². The number of anilines is 1. The molecule has 4 nitrogen and oxygen atoms in total. The minimum Gasteiger partial charge on any atom is -0.326 e. The minimum atomic E-state index is -3.77. The predicted molar refractivity (Wildman–Crippen MR) is 64.1 cm³/mol. The van der Waals surface area contributed by atoms with Gasteiger partial charge in [0.25, 0.3) is 9.05 Å². The van der Waals surface area contributed by atoms with Gasteiger partial charge in [-0.1, -0.05) is 0 Å². The van der Waals surface area contributed by atoms with E-state index in [2.05, 4.69) is 21.2 Å². The Morgan fingerprint density at radius 3 is 2.62 bits per heavy atom. The van der Waals surface area contributed by atoms with E-state index in [-0.39, 0.29) is 10.8 Å². The second kappa shape index (κ2) is 4.01. The molecule has 1 aromatic carbocycles. The number of hydrogen-bond acceptors (Lipinski definition) is 3. The molecule has 1 aromatic rings. The molecule has 0 saturated heterocycles. The largest absolute Gasteiger partial charge is 0.326 e. The summed E-state index contributed by atoms with van der Waals surface area (Å²) >= 11 is 3.12. The highest BCUT2D eigenvalue weighted by atomic mass is 79.9. The van der Waals surface area contributed by atoms with Gasteiger partial charge in [-0.05, 0) is 40.0 Å². The Morgan fingerprint density at radius 2 is 2.00 bits per heavy atom. The van der Waals surface area contributed by atoms with Crippen molar-refractivity contribution in [3.05, 3.63) is 22.2 Å². The Bertz CT molecular complexity index is 570. The normalized spacial score (nSPS) is 15.5. The third kappa shape index (κ3) is 2.23. The van der Waals surface area contributed by atoms with Gasteiger partial charge in [-0.15, -0.1) is 0 Å². The number of benzene rings is 1. The molecule has 0 saturated carbocycles. The van der Waals surface area contributed by atoms with Gasteiger partial charge in [0.2, 0.25) is 5.91 Å². The van der Waals surface area contributed by atoms with E-state index in [1.807, 2.05) is 0 Å². The minimum absolute atomic E-state index is 0.0315. The van der Waals surface area contributed by atoms with Crippen LogP contribution in [-0.4, -0.2) is 14.3 Å². The fourth-order valence-corrected chi connectivity index (χ4v) is 3.79. The molecule has 1 aliphatic rings. The van der Waals surface area contributed by atoms with Gasteiger partial charge >= 0.3 is 0 Å². The zero-order valence-corrected chi connectivity index (χ0v) is 11.1. The molecule has 1 heterocycles. The van der Waals surface area contributed by atoms with E-state index in [0.717, 1.165) is 5.56 Å². The first kappa shape index (κ1) is 11.9. The smallest absolute Gasteiger partial charge is 0.262 e. The maximum Gasteiger partial charge on any atom is 0.262 e. The van der Waals surface area contributed by atoms with E-state index >= 15 is 0 Å². The predicted octanol–water partition coefficient (Wildman–Crippen LogP) is 2.26. The van der Waals surface area contributed by atoms with Crippen molar-refractivity contribution in [3.8, 4) is 0 Å². The highest BCUT2D eigenvalue weighted by Gasteiger charge is 2.21. The SMILES string of the molecule is O=C1CCc2cc(S(=O)(=O)Cl)c(Br)cc2N1. The lowest BCUT2D eigenvalue weighted by Crippen LogP contribution is -2.19.